The van der Waals surface area contributed by atoms with Crippen LogP contribution in [0.4, 0.5) is 5.69 Å². The lowest BCUT2D eigenvalue weighted by molar-refractivity contribution is -0.117. The Morgan fingerprint density at radius 2 is 1.78 bits per heavy atom. The second-order valence-corrected chi connectivity index (χ2v) is 4.97. The van der Waals surface area contributed by atoms with Gasteiger partial charge in [0, 0.05) is 38.3 Å². The molecule has 1 aromatic rings. The summed E-state index contributed by atoms with van der Waals surface area (Å²) in [5, 5.41) is 0. The van der Waals surface area contributed by atoms with Crippen LogP contribution in [0.2, 0.25) is 0 Å². The first-order chi connectivity index (χ1) is 8.75. The van der Waals surface area contributed by atoms with Crippen molar-refractivity contribution in [1.82, 2.24) is 4.90 Å². The molecule has 98 valence electrons. The summed E-state index contributed by atoms with van der Waals surface area (Å²) in [4.78, 5) is 15.8. The van der Waals surface area contributed by atoms with E-state index in [1.54, 1.807) is 6.92 Å². The fraction of sp³-hybridized carbons (Fsp3) is 0.533. The number of rotatable bonds is 5. The summed E-state index contributed by atoms with van der Waals surface area (Å²) in [7, 11) is 0. The van der Waals surface area contributed by atoms with Gasteiger partial charge in [-0.2, -0.15) is 0 Å². The molecule has 0 bridgehead atoms. The molecular weight excluding hydrogens is 224 g/mol. The molecule has 0 atom stereocenters. The molecule has 1 aliphatic heterocycles. The van der Waals surface area contributed by atoms with Gasteiger partial charge >= 0.3 is 0 Å². The van der Waals surface area contributed by atoms with Crippen LogP contribution in [-0.4, -0.2) is 43.4 Å². The largest absolute Gasteiger partial charge is 0.369 e. The van der Waals surface area contributed by atoms with Gasteiger partial charge in [0.1, 0.15) is 5.78 Å². The molecule has 3 nitrogen and oxygen atoms in total. The number of para-hydroxylation sites is 1. The Morgan fingerprint density at radius 1 is 1.11 bits per heavy atom. The number of benzene rings is 1. The summed E-state index contributed by atoms with van der Waals surface area (Å²) in [5.41, 5.74) is 1.32. The highest BCUT2D eigenvalue weighted by atomic mass is 16.1. The molecule has 3 heteroatoms. The highest BCUT2D eigenvalue weighted by molar-refractivity contribution is 5.75. The number of hydrogen-bond acceptors (Lipinski definition) is 3. The number of carbonyl (C=O) groups excluding carboxylic acids is 1. The molecule has 0 spiro atoms. The van der Waals surface area contributed by atoms with Crippen molar-refractivity contribution >= 4 is 11.5 Å². The molecular formula is C15H22N2O. The Morgan fingerprint density at radius 3 is 2.39 bits per heavy atom. The predicted octanol–water partition coefficient (Wildman–Crippen LogP) is 2.18. The maximum atomic E-state index is 10.9. The van der Waals surface area contributed by atoms with Gasteiger partial charge in [0.15, 0.2) is 0 Å². The quantitative estimate of drug-likeness (QED) is 0.795. The zero-order chi connectivity index (χ0) is 12.8. The van der Waals surface area contributed by atoms with Crippen LogP contribution in [0.15, 0.2) is 30.3 Å². The number of carbonyl (C=O) groups is 1. The third-order valence-electron chi connectivity index (χ3n) is 3.50. The van der Waals surface area contributed by atoms with E-state index in [4.69, 9.17) is 0 Å². The van der Waals surface area contributed by atoms with Crippen molar-refractivity contribution in [3.05, 3.63) is 30.3 Å². The molecule has 1 saturated heterocycles. The van der Waals surface area contributed by atoms with Gasteiger partial charge in [-0.05, 0) is 32.0 Å². The maximum absolute atomic E-state index is 10.9. The number of anilines is 1. The van der Waals surface area contributed by atoms with Crippen LogP contribution in [0.5, 0.6) is 0 Å². The highest BCUT2D eigenvalue weighted by Gasteiger charge is 2.16. The fourth-order valence-electron chi connectivity index (χ4n) is 2.42. The normalized spacial score (nSPS) is 16.8. The maximum Gasteiger partial charge on any atom is 0.129 e. The van der Waals surface area contributed by atoms with Crippen LogP contribution < -0.4 is 4.90 Å². The van der Waals surface area contributed by atoms with Crippen LogP contribution in [0.3, 0.4) is 0 Å². The molecule has 1 fully saturated rings. The Hall–Kier alpha value is -1.35. The zero-order valence-electron chi connectivity index (χ0n) is 11.1. The highest BCUT2D eigenvalue weighted by Crippen LogP contribution is 2.15. The van der Waals surface area contributed by atoms with Crippen molar-refractivity contribution in [1.29, 1.82) is 0 Å². The fourth-order valence-corrected chi connectivity index (χ4v) is 2.42. The number of piperazine rings is 1. The van der Waals surface area contributed by atoms with Crippen LogP contribution in [-0.2, 0) is 4.79 Å². The van der Waals surface area contributed by atoms with Gasteiger partial charge in [-0.25, -0.2) is 0 Å². The van der Waals surface area contributed by atoms with E-state index in [0.29, 0.717) is 5.78 Å². The number of ketones is 1. The van der Waals surface area contributed by atoms with Crippen molar-refractivity contribution < 1.29 is 4.79 Å². The van der Waals surface area contributed by atoms with Crippen molar-refractivity contribution in [2.75, 3.05) is 37.6 Å². The SMILES string of the molecule is CC(=O)CCCN1CCN(c2ccccc2)CC1. The molecule has 0 N–H and O–H groups in total. The standard InChI is InChI=1S/C15H22N2O/c1-14(18)6-5-9-16-10-12-17(13-11-16)15-7-3-2-4-8-15/h2-4,7-8H,5-6,9-13H2,1H3. The predicted molar refractivity (Wildman–Crippen MR) is 75.0 cm³/mol. The van der Waals surface area contributed by atoms with Crippen molar-refractivity contribution in [2.45, 2.75) is 19.8 Å². The van der Waals surface area contributed by atoms with E-state index in [1.807, 2.05) is 0 Å². The van der Waals surface area contributed by atoms with E-state index in [1.165, 1.54) is 5.69 Å². The molecule has 1 aromatic carbocycles. The van der Waals surface area contributed by atoms with Gasteiger partial charge in [-0.15, -0.1) is 0 Å². The topological polar surface area (TPSA) is 23.6 Å². The molecule has 2 rings (SSSR count). The van der Waals surface area contributed by atoms with Gasteiger partial charge < -0.3 is 9.69 Å². The monoisotopic (exact) mass is 246 g/mol. The summed E-state index contributed by atoms with van der Waals surface area (Å²) in [5.74, 6) is 0.304. The molecule has 1 aliphatic rings. The average molecular weight is 246 g/mol. The molecule has 18 heavy (non-hydrogen) atoms. The van der Waals surface area contributed by atoms with Gasteiger partial charge in [0.05, 0.1) is 0 Å². The third kappa shape index (κ3) is 3.84. The minimum atomic E-state index is 0.304. The Bertz CT molecular complexity index is 369. The van der Waals surface area contributed by atoms with Crippen molar-refractivity contribution in [3.8, 4) is 0 Å². The molecule has 0 amide bonds. The van der Waals surface area contributed by atoms with Gasteiger partial charge in [-0.1, -0.05) is 18.2 Å². The molecule has 0 aliphatic carbocycles. The number of Topliss-reactive ketones (excluding diaryl/α,β-unsaturated/α-hetero) is 1. The summed E-state index contributed by atoms with van der Waals surface area (Å²) in [6.45, 7) is 7.11. The summed E-state index contributed by atoms with van der Waals surface area (Å²) in [6, 6.07) is 10.6. The first-order valence-electron chi connectivity index (χ1n) is 6.77. The summed E-state index contributed by atoms with van der Waals surface area (Å²) < 4.78 is 0. The molecule has 1 heterocycles. The Balaban J connectivity index is 1.73. The van der Waals surface area contributed by atoms with Crippen LogP contribution in [0.1, 0.15) is 19.8 Å². The second-order valence-electron chi connectivity index (χ2n) is 4.97. The number of hydrogen-bond donors (Lipinski definition) is 0. The van der Waals surface area contributed by atoms with E-state index in [9.17, 15) is 4.79 Å². The average Bonchev–Trinajstić information content (AvgIpc) is 2.40. The third-order valence-corrected chi connectivity index (χ3v) is 3.50. The zero-order valence-corrected chi connectivity index (χ0v) is 11.1. The smallest absolute Gasteiger partial charge is 0.129 e. The Kier molecular flexibility index (Phi) is 4.76. The van der Waals surface area contributed by atoms with Crippen molar-refractivity contribution in [3.63, 3.8) is 0 Å². The van der Waals surface area contributed by atoms with E-state index in [2.05, 4.69) is 40.1 Å². The first-order valence-corrected chi connectivity index (χ1v) is 6.77. The number of nitrogens with zero attached hydrogens (tertiary/aromatic N) is 2. The lowest BCUT2D eigenvalue weighted by Gasteiger charge is -2.36. The van der Waals surface area contributed by atoms with E-state index in [-0.39, 0.29) is 0 Å². The van der Waals surface area contributed by atoms with Gasteiger partial charge in [-0.3, -0.25) is 4.90 Å². The lowest BCUT2D eigenvalue weighted by Crippen LogP contribution is -2.46. The second kappa shape index (κ2) is 6.55. The van der Waals surface area contributed by atoms with E-state index >= 15 is 0 Å². The van der Waals surface area contributed by atoms with Crippen molar-refractivity contribution in [2.24, 2.45) is 0 Å². The van der Waals surface area contributed by atoms with Gasteiger partial charge in [0.25, 0.3) is 0 Å². The van der Waals surface area contributed by atoms with E-state index < -0.39 is 0 Å². The molecule has 0 radical (unpaired) electrons. The molecule has 0 aromatic heterocycles. The minimum absolute atomic E-state index is 0.304. The molecule has 0 saturated carbocycles. The minimum Gasteiger partial charge on any atom is -0.369 e. The Labute approximate surface area is 109 Å². The van der Waals surface area contributed by atoms with Crippen LogP contribution in [0, 0.1) is 0 Å². The summed E-state index contributed by atoms with van der Waals surface area (Å²) >= 11 is 0. The molecule has 0 unspecified atom stereocenters. The lowest BCUT2D eigenvalue weighted by atomic mass is 10.2. The first kappa shape index (κ1) is 13.1. The van der Waals surface area contributed by atoms with E-state index in [0.717, 1.165) is 45.6 Å². The summed E-state index contributed by atoms with van der Waals surface area (Å²) in [6.07, 6.45) is 1.72. The van der Waals surface area contributed by atoms with Crippen LogP contribution in [0.25, 0.3) is 0 Å². The van der Waals surface area contributed by atoms with Crippen LogP contribution >= 0.6 is 0 Å². The van der Waals surface area contributed by atoms with Gasteiger partial charge in [0.2, 0.25) is 0 Å².